The summed E-state index contributed by atoms with van der Waals surface area (Å²) in [7, 11) is 0. The van der Waals surface area contributed by atoms with Crippen molar-refractivity contribution >= 4 is 58.1 Å². The molecule has 0 fully saturated rings. The zero-order valence-electron chi connectivity index (χ0n) is 22.9. The van der Waals surface area contributed by atoms with E-state index in [-0.39, 0.29) is 10.2 Å². The molecule has 4 heteroatoms. The first-order chi connectivity index (χ1) is 19.4. The van der Waals surface area contributed by atoms with Crippen molar-refractivity contribution < 1.29 is 9.59 Å². The number of carbonyl (C=O) groups excluding carboxylic acids is 2. The summed E-state index contributed by atoms with van der Waals surface area (Å²) in [5, 5.41) is 0.206. The summed E-state index contributed by atoms with van der Waals surface area (Å²) >= 11 is 2.53. The van der Waals surface area contributed by atoms with Crippen LogP contribution in [0.15, 0.2) is 94.7 Å². The van der Waals surface area contributed by atoms with Crippen LogP contribution in [0.25, 0.3) is 24.3 Å². The Morgan fingerprint density at radius 1 is 0.525 bits per heavy atom. The average molecular weight is 561 g/mol. The number of thioether (sulfide) groups is 2. The Balaban J connectivity index is 1.33. The quantitative estimate of drug-likeness (QED) is 0.174. The van der Waals surface area contributed by atoms with E-state index in [9.17, 15) is 9.59 Å². The van der Waals surface area contributed by atoms with Crippen molar-refractivity contribution in [2.75, 3.05) is 0 Å². The minimum atomic E-state index is 0.103. The SMILES string of the molecule is CC(=O)Sc1ccc(/C=C/c2cc3ccc2CCc2ccc(c(/C=C/c4ccc(SC(C)=O)cc4)c2)CC3)cc1. The second-order valence-corrected chi connectivity index (χ2v) is 12.6. The van der Waals surface area contributed by atoms with Gasteiger partial charge in [0.1, 0.15) is 0 Å². The lowest BCUT2D eigenvalue weighted by Crippen LogP contribution is -2.02. The Labute approximate surface area is 245 Å². The normalized spacial score (nSPS) is 13.1. The molecule has 0 radical (unpaired) electrons. The van der Waals surface area contributed by atoms with E-state index < -0.39 is 0 Å². The standard InChI is InChI=1S/C36H32O2S2/c1-25(37)39-35-19-9-27(10-20-35)3-17-33-23-29-5-13-31(33)15-7-30-6-14-32(16-8-29)34(24-30)18-4-28-11-21-36(22-12-28)40-26(2)38/h3-6,9-14,17-24H,7-8,15-16H2,1-2H3/b17-3+,18-4+. The van der Waals surface area contributed by atoms with Gasteiger partial charge in [-0.2, -0.15) is 0 Å². The minimum absolute atomic E-state index is 0.103. The molecule has 200 valence electrons. The van der Waals surface area contributed by atoms with Crippen molar-refractivity contribution in [2.24, 2.45) is 0 Å². The average Bonchev–Trinajstić information content (AvgIpc) is 2.93. The third kappa shape index (κ3) is 7.74. The molecule has 0 unspecified atom stereocenters. The summed E-state index contributed by atoms with van der Waals surface area (Å²) in [6.45, 7) is 3.19. The van der Waals surface area contributed by atoms with Crippen LogP contribution in [0.5, 0.6) is 0 Å². The molecule has 4 aromatic rings. The van der Waals surface area contributed by atoms with Gasteiger partial charge in [0.15, 0.2) is 10.2 Å². The lowest BCUT2D eigenvalue weighted by Gasteiger charge is -2.15. The number of hydrogen-bond donors (Lipinski definition) is 0. The monoisotopic (exact) mass is 560 g/mol. The largest absolute Gasteiger partial charge is 0.287 e. The highest BCUT2D eigenvalue weighted by Gasteiger charge is 2.09. The van der Waals surface area contributed by atoms with Crippen LogP contribution >= 0.6 is 23.5 Å². The smallest absolute Gasteiger partial charge is 0.190 e. The van der Waals surface area contributed by atoms with Crippen molar-refractivity contribution in [1.82, 2.24) is 0 Å². The first kappa shape index (κ1) is 27.9. The van der Waals surface area contributed by atoms with E-state index >= 15 is 0 Å². The van der Waals surface area contributed by atoms with Gasteiger partial charge in [0.05, 0.1) is 0 Å². The van der Waals surface area contributed by atoms with Crippen LogP contribution in [0.2, 0.25) is 0 Å². The van der Waals surface area contributed by atoms with Crippen LogP contribution in [0.4, 0.5) is 0 Å². The minimum Gasteiger partial charge on any atom is -0.287 e. The van der Waals surface area contributed by atoms with Crippen molar-refractivity contribution in [1.29, 1.82) is 0 Å². The van der Waals surface area contributed by atoms with Gasteiger partial charge in [-0.05, 0) is 94.5 Å². The van der Waals surface area contributed by atoms with Crippen LogP contribution in [0, 0.1) is 0 Å². The third-order valence-electron chi connectivity index (χ3n) is 6.98. The molecule has 0 amide bonds. The van der Waals surface area contributed by atoms with Crippen molar-refractivity contribution in [2.45, 2.75) is 49.3 Å². The molecule has 0 heterocycles. The van der Waals surface area contributed by atoms with Gasteiger partial charge in [-0.1, -0.05) is 108 Å². The van der Waals surface area contributed by atoms with Gasteiger partial charge in [-0.15, -0.1) is 0 Å². The fraction of sp³-hybridized carbons (Fsp3) is 0.167. The second kappa shape index (κ2) is 13.2. The van der Waals surface area contributed by atoms with Crippen molar-refractivity contribution in [3.8, 4) is 0 Å². The number of carbonyl (C=O) groups is 2. The number of benzene rings is 4. The molecule has 4 aromatic carbocycles. The topological polar surface area (TPSA) is 34.1 Å². The van der Waals surface area contributed by atoms with E-state index in [1.165, 1.54) is 56.9 Å². The van der Waals surface area contributed by atoms with Gasteiger partial charge in [0.25, 0.3) is 0 Å². The fourth-order valence-corrected chi connectivity index (χ4v) is 6.13. The highest BCUT2D eigenvalue weighted by molar-refractivity contribution is 8.13. The molecule has 4 bridgehead atoms. The zero-order chi connectivity index (χ0) is 27.9. The summed E-state index contributed by atoms with van der Waals surface area (Å²) < 4.78 is 0. The molecular formula is C36H32O2S2. The Morgan fingerprint density at radius 3 is 1.30 bits per heavy atom. The van der Waals surface area contributed by atoms with E-state index in [2.05, 4.69) is 85.0 Å². The van der Waals surface area contributed by atoms with Gasteiger partial charge < -0.3 is 0 Å². The first-order valence-corrected chi connectivity index (χ1v) is 15.2. The van der Waals surface area contributed by atoms with E-state index in [0.29, 0.717) is 0 Å². The molecule has 40 heavy (non-hydrogen) atoms. The van der Waals surface area contributed by atoms with E-state index in [0.717, 1.165) is 46.6 Å². The maximum Gasteiger partial charge on any atom is 0.190 e. The van der Waals surface area contributed by atoms with Crippen LogP contribution in [-0.4, -0.2) is 10.2 Å². The maximum atomic E-state index is 11.4. The van der Waals surface area contributed by atoms with Crippen LogP contribution in [0.1, 0.15) is 58.4 Å². The third-order valence-corrected chi connectivity index (χ3v) is 8.57. The lowest BCUT2D eigenvalue weighted by molar-refractivity contribution is -0.109. The summed E-state index contributed by atoms with van der Waals surface area (Å²) in [6.07, 6.45) is 12.7. The van der Waals surface area contributed by atoms with Gasteiger partial charge >= 0.3 is 0 Å². The fourth-order valence-electron chi connectivity index (χ4n) is 4.92. The molecular weight excluding hydrogens is 529 g/mol. The highest BCUT2D eigenvalue weighted by atomic mass is 32.2. The molecule has 0 N–H and O–H groups in total. The predicted octanol–water partition coefficient (Wildman–Crippen LogP) is 9.19. The van der Waals surface area contributed by atoms with E-state index in [4.69, 9.17) is 0 Å². The molecule has 0 saturated heterocycles. The molecule has 4 aliphatic rings. The van der Waals surface area contributed by atoms with Crippen molar-refractivity contribution in [3.05, 3.63) is 129 Å². The summed E-state index contributed by atoms with van der Waals surface area (Å²) in [5.41, 5.74) is 10.2. The molecule has 2 nitrogen and oxygen atoms in total. The Bertz CT molecular complexity index is 1460. The second-order valence-electron chi connectivity index (χ2n) is 10.1. The number of aryl methyl sites for hydroxylation is 4. The first-order valence-electron chi connectivity index (χ1n) is 13.6. The van der Waals surface area contributed by atoms with E-state index in [1.54, 1.807) is 13.8 Å². The Morgan fingerprint density at radius 2 is 0.925 bits per heavy atom. The molecule has 0 saturated carbocycles. The summed E-state index contributed by atoms with van der Waals surface area (Å²) in [5.74, 6) is 0. The lowest BCUT2D eigenvalue weighted by atomic mass is 9.90. The number of hydrogen-bond acceptors (Lipinski definition) is 4. The highest BCUT2D eigenvalue weighted by Crippen LogP contribution is 2.26. The van der Waals surface area contributed by atoms with Crippen LogP contribution < -0.4 is 0 Å². The van der Waals surface area contributed by atoms with Crippen LogP contribution in [-0.2, 0) is 35.3 Å². The molecule has 4 aliphatic carbocycles. The molecule has 0 aromatic heterocycles. The Kier molecular flexibility index (Phi) is 9.20. The van der Waals surface area contributed by atoms with Gasteiger partial charge in [-0.25, -0.2) is 0 Å². The van der Waals surface area contributed by atoms with Crippen LogP contribution in [0.3, 0.4) is 0 Å². The van der Waals surface area contributed by atoms with E-state index in [1.807, 2.05) is 24.3 Å². The van der Waals surface area contributed by atoms with Gasteiger partial charge in [-0.3, -0.25) is 9.59 Å². The van der Waals surface area contributed by atoms with Gasteiger partial charge in [0.2, 0.25) is 0 Å². The molecule has 0 atom stereocenters. The molecule has 0 spiro atoms. The predicted molar refractivity (Wildman–Crippen MR) is 172 cm³/mol. The van der Waals surface area contributed by atoms with Gasteiger partial charge in [0, 0.05) is 23.6 Å². The summed E-state index contributed by atoms with van der Waals surface area (Å²) in [6, 6.07) is 30.1. The number of rotatable bonds is 6. The zero-order valence-corrected chi connectivity index (χ0v) is 24.5. The summed E-state index contributed by atoms with van der Waals surface area (Å²) in [4.78, 5) is 24.7. The maximum absolute atomic E-state index is 11.4. The Hall–Kier alpha value is -3.60. The van der Waals surface area contributed by atoms with Crippen molar-refractivity contribution in [3.63, 3.8) is 0 Å². The molecule has 8 rings (SSSR count). The molecule has 0 aliphatic heterocycles.